The lowest BCUT2D eigenvalue weighted by Gasteiger charge is -2.08. The summed E-state index contributed by atoms with van der Waals surface area (Å²) in [6.07, 6.45) is 1.09. The van der Waals surface area contributed by atoms with Crippen LogP contribution < -0.4 is 15.8 Å². The molecule has 0 unspecified atom stereocenters. The van der Waals surface area contributed by atoms with Crippen LogP contribution in [-0.4, -0.2) is 19.6 Å². The topological polar surface area (TPSA) is 59.6 Å². The molecule has 0 aliphatic rings. The summed E-state index contributed by atoms with van der Waals surface area (Å²) in [7, 11) is 1.68. The molecule has 4 nitrogen and oxygen atoms in total. The van der Waals surface area contributed by atoms with Gasteiger partial charge in [-0.1, -0.05) is 32.0 Å². The van der Waals surface area contributed by atoms with Crippen LogP contribution in [0.1, 0.15) is 25.8 Å². The Morgan fingerprint density at radius 2 is 1.91 bits per heavy atom. The molecule has 2 rings (SSSR count). The zero-order chi connectivity index (χ0) is 15.9. The molecule has 0 aliphatic carbocycles. The third kappa shape index (κ3) is 4.65. The summed E-state index contributed by atoms with van der Waals surface area (Å²) < 4.78 is 5.24. The van der Waals surface area contributed by atoms with Crippen LogP contribution in [-0.2, 0) is 6.54 Å². The van der Waals surface area contributed by atoms with Gasteiger partial charge in [0.1, 0.15) is 5.75 Å². The highest BCUT2D eigenvalue weighted by Gasteiger charge is 2.00. The average molecular weight is 299 g/mol. The first-order chi connectivity index (χ1) is 10.6. The molecular weight excluding hydrogens is 274 g/mol. The van der Waals surface area contributed by atoms with Crippen LogP contribution in [0.3, 0.4) is 0 Å². The molecule has 22 heavy (non-hydrogen) atoms. The van der Waals surface area contributed by atoms with Gasteiger partial charge in [-0.3, -0.25) is 0 Å². The number of fused-ring (bicyclic) bond motifs is 1. The summed E-state index contributed by atoms with van der Waals surface area (Å²) in [5.41, 5.74) is 7.03. The summed E-state index contributed by atoms with van der Waals surface area (Å²) >= 11 is 0. The molecular formula is C18H25N3O. The SMILES string of the molecule is COc1ccc2cc(CN=C(N)NCCC(C)C)ccc2c1. The Kier molecular flexibility index (Phi) is 5.64. The molecule has 2 aromatic rings. The van der Waals surface area contributed by atoms with E-state index in [4.69, 9.17) is 10.5 Å². The Bertz CT molecular complexity index is 650. The first-order valence-electron chi connectivity index (χ1n) is 7.69. The van der Waals surface area contributed by atoms with Crippen LogP contribution in [0.15, 0.2) is 41.4 Å². The van der Waals surface area contributed by atoms with Crippen molar-refractivity contribution in [1.29, 1.82) is 0 Å². The molecule has 0 saturated carbocycles. The lowest BCUT2D eigenvalue weighted by molar-refractivity contribution is 0.415. The quantitative estimate of drug-likeness (QED) is 0.635. The average Bonchev–Trinajstić information content (AvgIpc) is 2.51. The Morgan fingerprint density at radius 1 is 1.18 bits per heavy atom. The Labute approximate surface area is 132 Å². The maximum atomic E-state index is 5.88. The van der Waals surface area contributed by atoms with Crippen LogP contribution in [0.5, 0.6) is 5.75 Å². The van der Waals surface area contributed by atoms with Gasteiger partial charge in [-0.05, 0) is 46.9 Å². The van der Waals surface area contributed by atoms with E-state index in [1.807, 2.05) is 12.1 Å². The monoisotopic (exact) mass is 299 g/mol. The van der Waals surface area contributed by atoms with E-state index in [9.17, 15) is 0 Å². The second-order valence-corrected chi connectivity index (χ2v) is 5.86. The number of guanidine groups is 1. The fraction of sp³-hybridized carbons (Fsp3) is 0.389. The fourth-order valence-electron chi connectivity index (χ4n) is 2.22. The van der Waals surface area contributed by atoms with E-state index in [2.05, 4.69) is 48.4 Å². The maximum absolute atomic E-state index is 5.88. The smallest absolute Gasteiger partial charge is 0.188 e. The number of methoxy groups -OCH3 is 1. The number of ether oxygens (including phenoxy) is 1. The van der Waals surface area contributed by atoms with Crippen molar-refractivity contribution in [2.24, 2.45) is 16.6 Å². The van der Waals surface area contributed by atoms with Gasteiger partial charge >= 0.3 is 0 Å². The molecule has 0 saturated heterocycles. The zero-order valence-corrected chi connectivity index (χ0v) is 13.6. The number of hydrogen-bond acceptors (Lipinski definition) is 2. The van der Waals surface area contributed by atoms with Crippen LogP contribution in [0.4, 0.5) is 0 Å². The predicted molar refractivity (Wildman–Crippen MR) is 93.3 cm³/mol. The molecule has 0 spiro atoms. The number of benzene rings is 2. The molecule has 0 heterocycles. The first kappa shape index (κ1) is 16.1. The largest absolute Gasteiger partial charge is 0.497 e. The molecule has 3 N–H and O–H groups in total. The molecule has 0 aliphatic heterocycles. The Morgan fingerprint density at radius 3 is 2.64 bits per heavy atom. The second-order valence-electron chi connectivity index (χ2n) is 5.86. The van der Waals surface area contributed by atoms with Gasteiger partial charge in [-0.25, -0.2) is 4.99 Å². The molecule has 118 valence electrons. The summed E-state index contributed by atoms with van der Waals surface area (Å²) in [5, 5.41) is 5.49. The molecule has 0 aromatic heterocycles. The Balaban J connectivity index is 1.99. The van der Waals surface area contributed by atoms with Gasteiger partial charge in [-0.15, -0.1) is 0 Å². The lowest BCUT2D eigenvalue weighted by atomic mass is 10.1. The Hall–Kier alpha value is -2.23. The van der Waals surface area contributed by atoms with Gasteiger partial charge in [0.05, 0.1) is 13.7 Å². The zero-order valence-electron chi connectivity index (χ0n) is 13.6. The van der Waals surface area contributed by atoms with Gasteiger partial charge in [0.2, 0.25) is 0 Å². The number of hydrogen-bond donors (Lipinski definition) is 2. The third-order valence-electron chi connectivity index (χ3n) is 3.57. The van der Waals surface area contributed by atoms with Crippen molar-refractivity contribution in [1.82, 2.24) is 5.32 Å². The lowest BCUT2D eigenvalue weighted by Crippen LogP contribution is -2.32. The minimum atomic E-state index is 0.510. The maximum Gasteiger partial charge on any atom is 0.188 e. The molecule has 0 fully saturated rings. The van der Waals surface area contributed by atoms with Crippen LogP contribution >= 0.6 is 0 Å². The van der Waals surface area contributed by atoms with Crippen LogP contribution in [0.2, 0.25) is 0 Å². The molecule has 0 amide bonds. The molecule has 4 heteroatoms. The van der Waals surface area contributed by atoms with Gasteiger partial charge in [0.15, 0.2) is 5.96 Å². The molecule has 2 aromatic carbocycles. The number of nitrogens with one attached hydrogen (secondary N) is 1. The molecule has 0 bridgehead atoms. The normalized spacial score (nSPS) is 11.9. The van der Waals surface area contributed by atoms with E-state index < -0.39 is 0 Å². The minimum absolute atomic E-state index is 0.510. The van der Waals surface area contributed by atoms with Gasteiger partial charge < -0.3 is 15.8 Å². The van der Waals surface area contributed by atoms with Crippen molar-refractivity contribution < 1.29 is 4.74 Å². The number of nitrogens with two attached hydrogens (primary N) is 1. The van der Waals surface area contributed by atoms with Crippen LogP contribution in [0, 0.1) is 5.92 Å². The highest BCUT2D eigenvalue weighted by molar-refractivity contribution is 5.84. The van der Waals surface area contributed by atoms with Gasteiger partial charge in [0, 0.05) is 6.54 Å². The summed E-state index contributed by atoms with van der Waals surface area (Å²) in [6, 6.07) is 12.4. The summed E-state index contributed by atoms with van der Waals surface area (Å²) in [4.78, 5) is 4.39. The van der Waals surface area contributed by atoms with Crippen molar-refractivity contribution in [2.75, 3.05) is 13.7 Å². The van der Waals surface area contributed by atoms with E-state index >= 15 is 0 Å². The van der Waals surface area contributed by atoms with E-state index in [0.717, 1.165) is 29.7 Å². The predicted octanol–water partition coefficient (Wildman–Crippen LogP) is 3.30. The van der Waals surface area contributed by atoms with Gasteiger partial charge in [0.25, 0.3) is 0 Å². The second kappa shape index (κ2) is 7.69. The number of rotatable bonds is 6. The van der Waals surface area contributed by atoms with Gasteiger partial charge in [-0.2, -0.15) is 0 Å². The number of aliphatic imine (C=N–C) groups is 1. The van der Waals surface area contributed by atoms with E-state index in [1.165, 1.54) is 5.39 Å². The van der Waals surface area contributed by atoms with Crippen molar-refractivity contribution in [3.63, 3.8) is 0 Å². The fourth-order valence-corrected chi connectivity index (χ4v) is 2.22. The highest BCUT2D eigenvalue weighted by atomic mass is 16.5. The van der Waals surface area contributed by atoms with Crippen molar-refractivity contribution in [2.45, 2.75) is 26.8 Å². The summed E-state index contributed by atoms with van der Waals surface area (Å²) in [5.74, 6) is 2.05. The van der Waals surface area contributed by atoms with E-state index in [0.29, 0.717) is 18.4 Å². The first-order valence-corrected chi connectivity index (χ1v) is 7.69. The minimum Gasteiger partial charge on any atom is -0.497 e. The van der Waals surface area contributed by atoms with Crippen molar-refractivity contribution in [3.8, 4) is 5.75 Å². The summed E-state index contributed by atoms with van der Waals surface area (Å²) in [6.45, 7) is 5.84. The standard InChI is InChI=1S/C18H25N3O/c1-13(2)8-9-20-18(19)21-12-14-4-5-16-11-17(22-3)7-6-15(16)10-14/h4-7,10-11,13H,8-9,12H2,1-3H3,(H3,19,20,21). The number of nitrogens with zero attached hydrogens (tertiary/aromatic N) is 1. The van der Waals surface area contributed by atoms with Crippen molar-refractivity contribution >= 4 is 16.7 Å². The molecule has 0 radical (unpaired) electrons. The van der Waals surface area contributed by atoms with E-state index in [1.54, 1.807) is 7.11 Å². The molecule has 0 atom stereocenters. The van der Waals surface area contributed by atoms with Crippen molar-refractivity contribution in [3.05, 3.63) is 42.0 Å². The van der Waals surface area contributed by atoms with Crippen LogP contribution in [0.25, 0.3) is 10.8 Å². The third-order valence-corrected chi connectivity index (χ3v) is 3.57. The van der Waals surface area contributed by atoms with E-state index in [-0.39, 0.29) is 0 Å². The highest BCUT2D eigenvalue weighted by Crippen LogP contribution is 2.22.